The lowest BCUT2D eigenvalue weighted by Crippen LogP contribution is -2.26. The summed E-state index contributed by atoms with van der Waals surface area (Å²) in [5, 5.41) is 9.38. The van der Waals surface area contributed by atoms with Gasteiger partial charge in [-0.2, -0.15) is 4.98 Å². The molecule has 1 N–H and O–H groups in total. The predicted molar refractivity (Wildman–Crippen MR) is 130 cm³/mol. The molecule has 0 aliphatic carbocycles. The number of oxazole rings is 1. The molecule has 0 aliphatic rings. The van der Waals surface area contributed by atoms with Gasteiger partial charge in [-0.05, 0) is 54.8 Å². The Labute approximate surface area is 192 Å². The van der Waals surface area contributed by atoms with E-state index in [-0.39, 0.29) is 0 Å². The van der Waals surface area contributed by atoms with E-state index in [4.69, 9.17) is 4.42 Å². The monoisotopic (exact) mass is 446 g/mol. The van der Waals surface area contributed by atoms with E-state index in [1.54, 1.807) is 23.9 Å². The Morgan fingerprint density at radius 2 is 1.62 bits per heavy atom. The molecule has 0 amide bonds. The number of hydrogen-bond acceptors (Lipinski definition) is 5. The van der Waals surface area contributed by atoms with Crippen LogP contribution in [0.1, 0.15) is 28.8 Å². The van der Waals surface area contributed by atoms with E-state index < -0.39 is 5.97 Å². The number of carbonyl (C=O) groups is 1. The summed E-state index contributed by atoms with van der Waals surface area (Å²) in [6.07, 6.45) is 2.89. The molecule has 0 aliphatic heterocycles. The fourth-order valence-corrected chi connectivity index (χ4v) is 4.60. The minimum atomic E-state index is -0.887. The van der Waals surface area contributed by atoms with Crippen molar-refractivity contribution in [2.75, 3.05) is 23.7 Å². The van der Waals surface area contributed by atoms with Gasteiger partial charge in [0.2, 0.25) is 0 Å². The van der Waals surface area contributed by atoms with E-state index in [2.05, 4.69) is 34.1 Å². The van der Waals surface area contributed by atoms with Crippen LogP contribution in [0.5, 0.6) is 0 Å². The zero-order chi connectivity index (χ0) is 22.2. The Morgan fingerprint density at radius 3 is 2.44 bits per heavy atom. The van der Waals surface area contributed by atoms with Gasteiger partial charge >= 0.3 is 5.97 Å². The number of anilines is 1. The van der Waals surface area contributed by atoms with Gasteiger partial charge in [-0.1, -0.05) is 54.6 Å². The third-order valence-corrected chi connectivity index (χ3v) is 6.40. The fourth-order valence-electron chi connectivity index (χ4n) is 3.62. The van der Waals surface area contributed by atoms with Crippen molar-refractivity contribution in [1.29, 1.82) is 0 Å². The highest BCUT2D eigenvalue weighted by Gasteiger charge is 2.15. The number of thioether (sulfide) groups is 1. The molecule has 0 unspecified atom stereocenters. The first kappa shape index (κ1) is 22.0. The molecule has 1 heterocycles. The summed E-state index contributed by atoms with van der Waals surface area (Å²) in [6, 6.07) is 26.1. The van der Waals surface area contributed by atoms with Crippen LogP contribution in [0, 0.1) is 0 Å². The highest BCUT2D eigenvalue weighted by atomic mass is 32.2. The van der Waals surface area contributed by atoms with Crippen molar-refractivity contribution in [1.82, 2.24) is 4.98 Å². The number of carboxylic acids is 1. The van der Waals surface area contributed by atoms with Gasteiger partial charge in [-0.15, -0.1) is 11.8 Å². The third kappa shape index (κ3) is 5.71. The second-order valence-electron chi connectivity index (χ2n) is 7.54. The number of hydrogen-bond donors (Lipinski definition) is 1. The number of para-hydroxylation sites is 2. The number of rotatable bonds is 11. The number of nitrogens with zero attached hydrogens (tertiary/aromatic N) is 2. The summed E-state index contributed by atoms with van der Waals surface area (Å²) >= 11 is 1.58. The van der Waals surface area contributed by atoms with Gasteiger partial charge in [0.25, 0.3) is 6.01 Å². The SMILES string of the molecule is O=C(O)c1ccccc1SCCCN(CCCc1ccccc1)c1nc2ccccc2o1. The summed E-state index contributed by atoms with van der Waals surface area (Å²) in [7, 11) is 0. The van der Waals surface area contributed by atoms with Gasteiger partial charge in [0.15, 0.2) is 5.58 Å². The van der Waals surface area contributed by atoms with Crippen LogP contribution in [0.25, 0.3) is 11.1 Å². The molecular weight excluding hydrogens is 420 g/mol. The number of carboxylic acid groups (broad SMARTS) is 1. The second kappa shape index (κ2) is 10.9. The molecule has 0 radical (unpaired) electrons. The van der Waals surface area contributed by atoms with E-state index in [1.165, 1.54) is 5.56 Å². The minimum absolute atomic E-state index is 0.358. The van der Waals surface area contributed by atoms with E-state index in [1.807, 2.05) is 42.5 Å². The summed E-state index contributed by atoms with van der Waals surface area (Å²) in [4.78, 5) is 19.1. The quantitative estimate of drug-likeness (QED) is 0.220. The van der Waals surface area contributed by atoms with Crippen LogP contribution >= 0.6 is 11.8 Å². The van der Waals surface area contributed by atoms with Gasteiger partial charge < -0.3 is 14.4 Å². The highest BCUT2D eigenvalue weighted by Crippen LogP contribution is 2.25. The Balaban J connectivity index is 1.39. The molecule has 32 heavy (non-hydrogen) atoms. The molecule has 0 atom stereocenters. The smallest absolute Gasteiger partial charge is 0.336 e. The largest absolute Gasteiger partial charge is 0.478 e. The molecule has 4 aromatic rings. The van der Waals surface area contributed by atoms with Crippen LogP contribution in [-0.2, 0) is 6.42 Å². The van der Waals surface area contributed by atoms with Crippen molar-refractivity contribution < 1.29 is 14.3 Å². The molecule has 6 heteroatoms. The van der Waals surface area contributed by atoms with Crippen LogP contribution in [0.4, 0.5) is 6.01 Å². The van der Waals surface area contributed by atoms with Crippen LogP contribution in [0.2, 0.25) is 0 Å². The molecule has 0 fully saturated rings. The van der Waals surface area contributed by atoms with E-state index >= 15 is 0 Å². The highest BCUT2D eigenvalue weighted by molar-refractivity contribution is 7.99. The van der Waals surface area contributed by atoms with Crippen molar-refractivity contribution >= 4 is 34.8 Å². The molecule has 0 spiro atoms. The average Bonchev–Trinajstić information content (AvgIpc) is 3.25. The minimum Gasteiger partial charge on any atom is -0.478 e. The molecule has 5 nitrogen and oxygen atoms in total. The number of aryl methyl sites for hydroxylation is 1. The maximum absolute atomic E-state index is 11.4. The molecule has 0 saturated carbocycles. The third-order valence-electron chi connectivity index (χ3n) is 5.24. The number of benzene rings is 3. The molecule has 4 rings (SSSR count). The topological polar surface area (TPSA) is 66.6 Å². The molecule has 1 aromatic heterocycles. The standard InChI is InChI=1S/C26H26N2O3S/c29-25(30)21-13-4-7-16-24(21)32-19-9-18-28(17-8-12-20-10-2-1-3-11-20)26-27-22-14-5-6-15-23(22)31-26/h1-7,10-11,13-16H,8-9,12,17-19H2,(H,29,30). The Kier molecular flexibility index (Phi) is 7.46. The summed E-state index contributed by atoms with van der Waals surface area (Å²) in [5.41, 5.74) is 3.34. The first-order valence-electron chi connectivity index (χ1n) is 10.8. The van der Waals surface area contributed by atoms with Crippen molar-refractivity contribution in [3.63, 3.8) is 0 Å². The van der Waals surface area contributed by atoms with Gasteiger partial charge in [0.05, 0.1) is 5.56 Å². The second-order valence-corrected chi connectivity index (χ2v) is 8.68. The fraction of sp³-hybridized carbons (Fsp3) is 0.231. The van der Waals surface area contributed by atoms with E-state index in [9.17, 15) is 9.90 Å². The predicted octanol–water partition coefficient (Wildman–Crippen LogP) is 6.15. The zero-order valence-electron chi connectivity index (χ0n) is 17.8. The number of fused-ring (bicyclic) bond motifs is 1. The molecule has 0 saturated heterocycles. The van der Waals surface area contributed by atoms with Gasteiger partial charge in [0, 0.05) is 18.0 Å². The van der Waals surface area contributed by atoms with Crippen molar-refractivity contribution in [3.8, 4) is 0 Å². The van der Waals surface area contributed by atoms with Gasteiger partial charge in [-0.3, -0.25) is 0 Å². The number of aromatic carboxylic acids is 1. The summed E-state index contributed by atoms with van der Waals surface area (Å²) < 4.78 is 6.03. The summed E-state index contributed by atoms with van der Waals surface area (Å²) in [5.74, 6) is -0.0678. The lowest BCUT2D eigenvalue weighted by Gasteiger charge is -2.20. The normalized spacial score (nSPS) is 11.0. The average molecular weight is 447 g/mol. The molecule has 3 aromatic carbocycles. The maximum Gasteiger partial charge on any atom is 0.336 e. The Morgan fingerprint density at radius 1 is 0.906 bits per heavy atom. The first-order valence-corrected chi connectivity index (χ1v) is 11.8. The van der Waals surface area contributed by atoms with Crippen molar-refractivity contribution in [2.45, 2.75) is 24.2 Å². The van der Waals surface area contributed by atoms with Crippen LogP contribution in [0.15, 0.2) is 88.2 Å². The van der Waals surface area contributed by atoms with Gasteiger partial charge in [-0.25, -0.2) is 4.79 Å². The van der Waals surface area contributed by atoms with Crippen LogP contribution < -0.4 is 4.90 Å². The molecular formula is C26H26N2O3S. The van der Waals surface area contributed by atoms with Gasteiger partial charge in [0.1, 0.15) is 5.52 Å². The van der Waals surface area contributed by atoms with Crippen molar-refractivity contribution in [2.24, 2.45) is 0 Å². The molecule has 0 bridgehead atoms. The van der Waals surface area contributed by atoms with E-state index in [0.29, 0.717) is 11.6 Å². The first-order chi connectivity index (χ1) is 15.7. The van der Waals surface area contributed by atoms with Crippen LogP contribution in [0.3, 0.4) is 0 Å². The lowest BCUT2D eigenvalue weighted by atomic mass is 10.1. The Hall–Kier alpha value is -3.25. The number of aromatic nitrogens is 1. The Bertz CT molecular complexity index is 1130. The maximum atomic E-state index is 11.4. The van der Waals surface area contributed by atoms with Crippen LogP contribution in [-0.4, -0.2) is 34.9 Å². The lowest BCUT2D eigenvalue weighted by molar-refractivity contribution is 0.0693. The molecule has 164 valence electrons. The van der Waals surface area contributed by atoms with E-state index in [0.717, 1.165) is 54.1 Å². The van der Waals surface area contributed by atoms with Crippen molar-refractivity contribution in [3.05, 3.63) is 90.0 Å². The zero-order valence-corrected chi connectivity index (χ0v) is 18.6. The summed E-state index contributed by atoms with van der Waals surface area (Å²) in [6.45, 7) is 1.64.